The number of anilines is 1. The Balaban J connectivity index is 2.65. The third kappa shape index (κ3) is 4.44. The minimum Gasteiger partial charge on any atom is -0.473 e. The fourth-order valence-corrected chi connectivity index (χ4v) is 1.26. The highest BCUT2D eigenvalue weighted by Crippen LogP contribution is 2.20. The summed E-state index contributed by atoms with van der Waals surface area (Å²) in [5.74, 6) is -1.75. The van der Waals surface area contributed by atoms with Gasteiger partial charge in [0.25, 0.3) is 5.88 Å². The van der Waals surface area contributed by atoms with E-state index in [4.69, 9.17) is 9.47 Å². The third-order valence-electron chi connectivity index (χ3n) is 2.11. The highest BCUT2D eigenvalue weighted by Gasteiger charge is 2.12. The zero-order valence-electron chi connectivity index (χ0n) is 10.6. The lowest BCUT2D eigenvalue weighted by Crippen LogP contribution is -2.11. The molecule has 0 spiro atoms. The predicted molar refractivity (Wildman–Crippen MR) is 64.9 cm³/mol. The molecule has 6 heteroatoms. The summed E-state index contributed by atoms with van der Waals surface area (Å²) >= 11 is 0. The molecule has 1 rings (SSSR count). The van der Waals surface area contributed by atoms with Crippen LogP contribution < -0.4 is 10.1 Å². The number of ether oxygens (including phenoxy) is 2. The van der Waals surface area contributed by atoms with Crippen molar-refractivity contribution in [2.24, 2.45) is 0 Å². The predicted octanol–water partition coefficient (Wildman–Crippen LogP) is 2.60. The van der Waals surface area contributed by atoms with Gasteiger partial charge in [-0.25, -0.2) is 8.78 Å². The van der Waals surface area contributed by atoms with Gasteiger partial charge in [-0.15, -0.1) is 0 Å². The van der Waals surface area contributed by atoms with E-state index in [-0.39, 0.29) is 18.3 Å². The van der Waals surface area contributed by atoms with E-state index >= 15 is 0 Å². The number of hydrogen-bond donors (Lipinski definition) is 1. The summed E-state index contributed by atoms with van der Waals surface area (Å²) in [5.41, 5.74) is 0. The van der Waals surface area contributed by atoms with E-state index in [2.05, 4.69) is 10.3 Å². The minimum atomic E-state index is -0.814. The lowest BCUT2D eigenvalue weighted by atomic mass is 10.4. The van der Waals surface area contributed by atoms with Gasteiger partial charge in [0.1, 0.15) is 6.61 Å². The molecule has 102 valence electrons. The number of hydrogen-bond acceptors (Lipinski definition) is 4. The Kier molecular flexibility index (Phi) is 6.35. The number of nitrogens with zero attached hydrogens (tertiary/aromatic N) is 1. The van der Waals surface area contributed by atoms with Crippen LogP contribution in [0.25, 0.3) is 0 Å². The van der Waals surface area contributed by atoms with E-state index in [9.17, 15) is 8.78 Å². The van der Waals surface area contributed by atoms with Crippen molar-refractivity contribution >= 4 is 5.82 Å². The Bertz CT molecular complexity index is 375. The van der Waals surface area contributed by atoms with Crippen molar-refractivity contribution in [3.63, 3.8) is 0 Å². The fourth-order valence-electron chi connectivity index (χ4n) is 1.26. The van der Waals surface area contributed by atoms with E-state index in [1.54, 1.807) is 0 Å². The van der Waals surface area contributed by atoms with Crippen LogP contribution >= 0.6 is 0 Å². The van der Waals surface area contributed by atoms with Crippen molar-refractivity contribution < 1.29 is 18.3 Å². The molecule has 0 fully saturated rings. The molecule has 0 aliphatic carbocycles. The van der Waals surface area contributed by atoms with E-state index < -0.39 is 11.6 Å². The quantitative estimate of drug-likeness (QED) is 0.730. The number of nitrogens with one attached hydrogen (secondary N) is 1. The second-order valence-electron chi connectivity index (χ2n) is 3.58. The highest BCUT2D eigenvalue weighted by molar-refractivity contribution is 5.39. The molecule has 0 atom stereocenters. The summed E-state index contributed by atoms with van der Waals surface area (Å²) in [7, 11) is 0. The average Bonchev–Trinajstić information content (AvgIpc) is 2.35. The van der Waals surface area contributed by atoms with E-state index in [1.807, 2.05) is 13.8 Å². The van der Waals surface area contributed by atoms with Crippen LogP contribution in [0.4, 0.5) is 14.6 Å². The highest BCUT2D eigenvalue weighted by atomic mass is 19.1. The van der Waals surface area contributed by atoms with Crippen LogP contribution in [-0.4, -0.2) is 31.3 Å². The second-order valence-corrected chi connectivity index (χ2v) is 3.58. The van der Waals surface area contributed by atoms with Gasteiger partial charge < -0.3 is 14.8 Å². The largest absolute Gasteiger partial charge is 0.473 e. The second kappa shape index (κ2) is 7.81. The van der Waals surface area contributed by atoms with Gasteiger partial charge in [-0.1, -0.05) is 6.92 Å². The molecule has 1 aromatic heterocycles. The van der Waals surface area contributed by atoms with Crippen LogP contribution in [-0.2, 0) is 4.74 Å². The van der Waals surface area contributed by atoms with Crippen LogP contribution in [0.3, 0.4) is 0 Å². The van der Waals surface area contributed by atoms with Gasteiger partial charge in [0.15, 0.2) is 17.5 Å². The van der Waals surface area contributed by atoms with Gasteiger partial charge in [-0.3, -0.25) is 0 Å². The molecular formula is C12H18F2N2O2. The van der Waals surface area contributed by atoms with Gasteiger partial charge >= 0.3 is 0 Å². The summed E-state index contributed by atoms with van der Waals surface area (Å²) in [4.78, 5) is 3.77. The Hall–Kier alpha value is -1.43. The maximum Gasteiger partial charge on any atom is 0.252 e. The third-order valence-corrected chi connectivity index (χ3v) is 2.11. The standard InChI is InChI=1S/C12H18F2N2O2/c1-3-5-15-11-9(13)8-10(14)12(16-11)18-7-6-17-4-2/h8H,3-7H2,1-2H3,(H,15,16). The van der Waals surface area contributed by atoms with Crippen LogP contribution in [0.2, 0.25) is 0 Å². The van der Waals surface area contributed by atoms with Gasteiger partial charge in [0.2, 0.25) is 0 Å². The Morgan fingerprint density at radius 3 is 2.67 bits per heavy atom. The molecule has 1 aromatic rings. The zero-order valence-corrected chi connectivity index (χ0v) is 10.6. The lowest BCUT2D eigenvalue weighted by Gasteiger charge is -2.10. The number of aromatic nitrogens is 1. The van der Waals surface area contributed by atoms with Gasteiger partial charge in [-0.05, 0) is 13.3 Å². The van der Waals surface area contributed by atoms with E-state index in [0.717, 1.165) is 12.5 Å². The molecule has 0 saturated heterocycles. The topological polar surface area (TPSA) is 43.4 Å². The molecule has 0 amide bonds. The maximum absolute atomic E-state index is 13.4. The molecule has 4 nitrogen and oxygen atoms in total. The minimum absolute atomic E-state index is 0.00431. The Labute approximate surface area is 105 Å². The van der Waals surface area contributed by atoms with Crippen molar-refractivity contribution in [2.75, 3.05) is 31.7 Å². The zero-order chi connectivity index (χ0) is 13.4. The Morgan fingerprint density at radius 2 is 2.00 bits per heavy atom. The number of rotatable bonds is 8. The summed E-state index contributed by atoms with van der Waals surface area (Å²) in [6.45, 7) is 5.43. The summed E-state index contributed by atoms with van der Waals surface area (Å²) in [6.07, 6.45) is 0.818. The molecule has 0 aromatic carbocycles. The normalized spacial score (nSPS) is 10.4. The molecule has 0 unspecified atom stereocenters. The molecule has 0 aliphatic heterocycles. The van der Waals surface area contributed by atoms with Gasteiger partial charge in [-0.2, -0.15) is 4.98 Å². The molecule has 1 heterocycles. The molecule has 1 N–H and O–H groups in total. The smallest absolute Gasteiger partial charge is 0.252 e. The van der Waals surface area contributed by atoms with E-state index in [0.29, 0.717) is 19.8 Å². The molecular weight excluding hydrogens is 242 g/mol. The number of pyridine rings is 1. The van der Waals surface area contributed by atoms with Crippen molar-refractivity contribution in [2.45, 2.75) is 20.3 Å². The fraction of sp³-hybridized carbons (Fsp3) is 0.583. The first-order chi connectivity index (χ1) is 8.69. The van der Waals surface area contributed by atoms with Gasteiger partial charge in [0, 0.05) is 19.2 Å². The van der Waals surface area contributed by atoms with Crippen molar-refractivity contribution in [1.82, 2.24) is 4.98 Å². The van der Waals surface area contributed by atoms with Crippen LogP contribution in [0.15, 0.2) is 6.07 Å². The first-order valence-electron chi connectivity index (χ1n) is 5.99. The molecule has 18 heavy (non-hydrogen) atoms. The molecule has 0 saturated carbocycles. The van der Waals surface area contributed by atoms with Crippen LogP contribution in [0, 0.1) is 11.6 Å². The lowest BCUT2D eigenvalue weighted by molar-refractivity contribution is 0.106. The molecule has 0 aliphatic rings. The average molecular weight is 260 g/mol. The van der Waals surface area contributed by atoms with Gasteiger partial charge in [0.05, 0.1) is 6.61 Å². The first kappa shape index (κ1) is 14.6. The maximum atomic E-state index is 13.4. The summed E-state index contributed by atoms with van der Waals surface area (Å²) < 4.78 is 36.9. The summed E-state index contributed by atoms with van der Waals surface area (Å²) in [5, 5.41) is 2.77. The SMILES string of the molecule is CCCNc1nc(OCCOCC)c(F)cc1F. The summed E-state index contributed by atoms with van der Waals surface area (Å²) in [6, 6.07) is 0.765. The monoisotopic (exact) mass is 260 g/mol. The number of halogens is 2. The molecule has 0 radical (unpaired) electrons. The van der Waals surface area contributed by atoms with Crippen LogP contribution in [0.1, 0.15) is 20.3 Å². The first-order valence-corrected chi connectivity index (χ1v) is 5.99. The van der Waals surface area contributed by atoms with E-state index in [1.165, 1.54) is 0 Å². The van der Waals surface area contributed by atoms with Crippen molar-refractivity contribution in [3.05, 3.63) is 17.7 Å². The Morgan fingerprint density at radius 1 is 1.22 bits per heavy atom. The van der Waals surface area contributed by atoms with Crippen LogP contribution in [0.5, 0.6) is 5.88 Å². The van der Waals surface area contributed by atoms with Crippen molar-refractivity contribution in [3.8, 4) is 5.88 Å². The molecule has 0 bridgehead atoms. The van der Waals surface area contributed by atoms with Crippen molar-refractivity contribution in [1.29, 1.82) is 0 Å².